The standard InChI is InChI=1S/C16H17F3O/c1-10(2)9-12-7-3-5-11-6-4-8-13(14(11)12)15(20)16(17,18)19/h3-8,10,15,20H,9H2,1-2H3. The van der Waals surface area contributed by atoms with Gasteiger partial charge in [0.05, 0.1) is 0 Å². The largest absolute Gasteiger partial charge is 0.418 e. The number of alkyl halides is 3. The maximum atomic E-state index is 12.8. The Morgan fingerprint density at radius 1 is 1.05 bits per heavy atom. The molecule has 0 heterocycles. The van der Waals surface area contributed by atoms with E-state index in [4.69, 9.17) is 0 Å². The van der Waals surface area contributed by atoms with Crippen LogP contribution >= 0.6 is 0 Å². The molecule has 0 aromatic heterocycles. The minimum Gasteiger partial charge on any atom is -0.379 e. The average Bonchev–Trinajstić information content (AvgIpc) is 2.35. The van der Waals surface area contributed by atoms with Crippen LogP contribution in [-0.4, -0.2) is 11.3 Å². The van der Waals surface area contributed by atoms with E-state index in [1.165, 1.54) is 6.07 Å². The third-order valence-electron chi connectivity index (χ3n) is 3.26. The summed E-state index contributed by atoms with van der Waals surface area (Å²) in [6, 6.07) is 10.1. The van der Waals surface area contributed by atoms with Gasteiger partial charge in [-0.25, -0.2) is 0 Å². The zero-order chi connectivity index (χ0) is 14.9. The van der Waals surface area contributed by atoms with Crippen molar-refractivity contribution in [2.45, 2.75) is 32.5 Å². The summed E-state index contributed by atoms with van der Waals surface area (Å²) >= 11 is 0. The van der Waals surface area contributed by atoms with Crippen LogP contribution in [0.15, 0.2) is 36.4 Å². The molecule has 0 radical (unpaired) electrons. The number of hydrogen-bond acceptors (Lipinski definition) is 1. The highest BCUT2D eigenvalue weighted by atomic mass is 19.4. The van der Waals surface area contributed by atoms with E-state index >= 15 is 0 Å². The quantitative estimate of drug-likeness (QED) is 0.870. The Hall–Kier alpha value is -1.55. The smallest absolute Gasteiger partial charge is 0.379 e. The van der Waals surface area contributed by atoms with Gasteiger partial charge < -0.3 is 5.11 Å². The number of aliphatic hydroxyl groups is 1. The maximum absolute atomic E-state index is 12.8. The third-order valence-corrected chi connectivity index (χ3v) is 3.26. The summed E-state index contributed by atoms with van der Waals surface area (Å²) < 4.78 is 38.4. The molecule has 0 saturated carbocycles. The summed E-state index contributed by atoms with van der Waals surface area (Å²) in [6.45, 7) is 4.03. The Bertz CT molecular complexity index is 597. The molecule has 0 fully saturated rings. The van der Waals surface area contributed by atoms with Crippen molar-refractivity contribution in [3.63, 3.8) is 0 Å². The van der Waals surface area contributed by atoms with Gasteiger partial charge in [-0.05, 0) is 34.2 Å². The van der Waals surface area contributed by atoms with Crippen molar-refractivity contribution in [1.82, 2.24) is 0 Å². The molecule has 1 N–H and O–H groups in total. The van der Waals surface area contributed by atoms with E-state index in [1.807, 2.05) is 26.0 Å². The minimum atomic E-state index is -4.65. The minimum absolute atomic E-state index is 0.0637. The number of benzene rings is 2. The molecule has 1 atom stereocenters. The van der Waals surface area contributed by atoms with Crippen LogP contribution in [0.2, 0.25) is 0 Å². The first-order valence-corrected chi connectivity index (χ1v) is 6.56. The second-order valence-electron chi connectivity index (χ2n) is 5.40. The van der Waals surface area contributed by atoms with Gasteiger partial charge in [0, 0.05) is 0 Å². The lowest BCUT2D eigenvalue weighted by molar-refractivity contribution is -0.206. The number of halogens is 3. The third kappa shape index (κ3) is 2.96. The lowest BCUT2D eigenvalue weighted by Gasteiger charge is -2.19. The van der Waals surface area contributed by atoms with Crippen LogP contribution < -0.4 is 0 Å². The molecule has 1 unspecified atom stereocenters. The number of fused-ring (bicyclic) bond motifs is 1. The van der Waals surface area contributed by atoms with E-state index < -0.39 is 12.3 Å². The van der Waals surface area contributed by atoms with Crippen LogP contribution in [0, 0.1) is 5.92 Å². The van der Waals surface area contributed by atoms with Gasteiger partial charge in [-0.15, -0.1) is 0 Å². The van der Waals surface area contributed by atoms with E-state index in [0.29, 0.717) is 17.7 Å². The van der Waals surface area contributed by atoms with Crippen LogP contribution in [0.1, 0.15) is 31.1 Å². The van der Waals surface area contributed by atoms with Crippen LogP contribution in [0.3, 0.4) is 0 Å². The summed E-state index contributed by atoms with van der Waals surface area (Å²) in [5.74, 6) is 0.330. The lowest BCUT2D eigenvalue weighted by atomic mass is 9.92. The summed E-state index contributed by atoms with van der Waals surface area (Å²) in [4.78, 5) is 0. The van der Waals surface area contributed by atoms with Crippen LogP contribution in [0.4, 0.5) is 13.2 Å². The molecule has 0 amide bonds. The first kappa shape index (κ1) is 14.9. The first-order chi connectivity index (χ1) is 9.30. The van der Waals surface area contributed by atoms with Crippen molar-refractivity contribution in [3.8, 4) is 0 Å². The van der Waals surface area contributed by atoms with Crippen molar-refractivity contribution in [2.24, 2.45) is 5.92 Å². The Morgan fingerprint density at radius 3 is 2.20 bits per heavy atom. The second kappa shape index (κ2) is 5.44. The lowest BCUT2D eigenvalue weighted by Crippen LogP contribution is -2.20. The molecule has 0 spiro atoms. The molecular weight excluding hydrogens is 265 g/mol. The molecule has 4 heteroatoms. The number of rotatable bonds is 3. The highest BCUT2D eigenvalue weighted by Gasteiger charge is 2.40. The van der Waals surface area contributed by atoms with Gasteiger partial charge in [-0.3, -0.25) is 0 Å². The van der Waals surface area contributed by atoms with Crippen molar-refractivity contribution < 1.29 is 18.3 Å². The Kier molecular flexibility index (Phi) is 4.04. The number of hydrogen-bond donors (Lipinski definition) is 1. The Morgan fingerprint density at radius 2 is 1.65 bits per heavy atom. The van der Waals surface area contributed by atoms with E-state index in [0.717, 1.165) is 10.9 Å². The molecule has 0 aliphatic rings. The SMILES string of the molecule is CC(C)Cc1cccc2cccc(C(O)C(F)(F)F)c12. The molecular formula is C16H17F3O. The zero-order valence-corrected chi connectivity index (χ0v) is 11.4. The molecule has 1 nitrogen and oxygen atoms in total. The summed E-state index contributed by atoms with van der Waals surface area (Å²) in [7, 11) is 0. The predicted octanol–water partition coefficient (Wildman–Crippen LogP) is 4.63. The topological polar surface area (TPSA) is 20.2 Å². The summed E-state index contributed by atoms with van der Waals surface area (Å²) in [6.07, 6.45) is -6.42. The predicted molar refractivity (Wildman–Crippen MR) is 73.5 cm³/mol. The first-order valence-electron chi connectivity index (χ1n) is 6.56. The molecule has 0 aliphatic carbocycles. The molecule has 2 aromatic carbocycles. The fourth-order valence-corrected chi connectivity index (χ4v) is 2.46. The normalized spacial score (nSPS) is 13.9. The van der Waals surface area contributed by atoms with Gasteiger partial charge in [0.1, 0.15) is 0 Å². The van der Waals surface area contributed by atoms with E-state index in [9.17, 15) is 18.3 Å². The number of aliphatic hydroxyl groups excluding tert-OH is 1. The van der Waals surface area contributed by atoms with Gasteiger partial charge in [-0.1, -0.05) is 50.2 Å². The highest BCUT2D eigenvalue weighted by molar-refractivity contribution is 5.89. The molecule has 108 valence electrons. The maximum Gasteiger partial charge on any atom is 0.418 e. The van der Waals surface area contributed by atoms with Crippen LogP contribution in [0.5, 0.6) is 0 Å². The summed E-state index contributed by atoms with van der Waals surface area (Å²) in [5.41, 5.74) is 0.780. The highest BCUT2D eigenvalue weighted by Crippen LogP contribution is 2.37. The molecule has 2 rings (SSSR count). The molecule has 20 heavy (non-hydrogen) atoms. The van der Waals surface area contributed by atoms with Gasteiger partial charge in [-0.2, -0.15) is 13.2 Å². The van der Waals surface area contributed by atoms with Crippen molar-refractivity contribution in [3.05, 3.63) is 47.5 Å². The van der Waals surface area contributed by atoms with Crippen molar-refractivity contribution in [1.29, 1.82) is 0 Å². The molecule has 0 bridgehead atoms. The van der Waals surface area contributed by atoms with Gasteiger partial charge in [0.15, 0.2) is 6.10 Å². The van der Waals surface area contributed by atoms with Gasteiger partial charge in [0.2, 0.25) is 0 Å². The van der Waals surface area contributed by atoms with E-state index in [2.05, 4.69) is 0 Å². The zero-order valence-electron chi connectivity index (χ0n) is 11.4. The molecule has 2 aromatic rings. The Balaban J connectivity index is 2.66. The van der Waals surface area contributed by atoms with Crippen LogP contribution in [-0.2, 0) is 6.42 Å². The average molecular weight is 282 g/mol. The van der Waals surface area contributed by atoms with Crippen molar-refractivity contribution >= 4 is 10.8 Å². The summed E-state index contributed by atoms with van der Waals surface area (Å²) in [5, 5.41) is 10.8. The second-order valence-corrected chi connectivity index (χ2v) is 5.40. The molecule has 0 saturated heterocycles. The fourth-order valence-electron chi connectivity index (χ4n) is 2.46. The van der Waals surface area contributed by atoms with Crippen LogP contribution in [0.25, 0.3) is 10.8 Å². The fraction of sp³-hybridized carbons (Fsp3) is 0.375. The van der Waals surface area contributed by atoms with E-state index in [-0.39, 0.29) is 5.56 Å². The van der Waals surface area contributed by atoms with Gasteiger partial charge >= 0.3 is 6.18 Å². The van der Waals surface area contributed by atoms with Gasteiger partial charge in [0.25, 0.3) is 0 Å². The van der Waals surface area contributed by atoms with Crippen molar-refractivity contribution in [2.75, 3.05) is 0 Å². The van der Waals surface area contributed by atoms with E-state index in [1.54, 1.807) is 18.2 Å². The molecule has 0 aliphatic heterocycles. The monoisotopic (exact) mass is 282 g/mol. The Labute approximate surface area is 116 Å².